The highest BCUT2D eigenvalue weighted by Gasteiger charge is 1.98. The second-order valence-electron chi connectivity index (χ2n) is 3.80. The van der Waals surface area contributed by atoms with E-state index in [1.165, 1.54) is 4.90 Å². The van der Waals surface area contributed by atoms with Gasteiger partial charge in [0.25, 0.3) is 0 Å². The van der Waals surface area contributed by atoms with Crippen LogP contribution in [-0.2, 0) is 0 Å². The maximum atomic E-state index is 5.71. The number of ether oxygens (including phenoxy) is 1. The highest BCUT2D eigenvalue weighted by molar-refractivity contribution is 7.99. The fourth-order valence-electron chi connectivity index (χ4n) is 1.48. The molecule has 0 aromatic heterocycles. The van der Waals surface area contributed by atoms with Crippen molar-refractivity contribution in [2.45, 2.75) is 4.90 Å². The van der Waals surface area contributed by atoms with Gasteiger partial charge in [0, 0.05) is 16.7 Å². The van der Waals surface area contributed by atoms with Crippen molar-refractivity contribution in [1.82, 2.24) is 0 Å². The third-order valence-electron chi connectivity index (χ3n) is 2.42. The second kappa shape index (κ2) is 6.21. The van der Waals surface area contributed by atoms with Crippen LogP contribution in [0, 0.1) is 0 Å². The number of rotatable bonds is 5. The minimum absolute atomic E-state index is 0.559. The summed E-state index contributed by atoms with van der Waals surface area (Å²) in [5, 5.41) is 0. The maximum Gasteiger partial charge on any atom is 0.121 e. The normalized spacial score (nSPS) is 10.2. The van der Waals surface area contributed by atoms with Crippen molar-refractivity contribution < 1.29 is 4.74 Å². The van der Waals surface area contributed by atoms with E-state index in [9.17, 15) is 0 Å². The highest BCUT2D eigenvalue weighted by atomic mass is 32.2. The van der Waals surface area contributed by atoms with E-state index in [0.717, 1.165) is 11.5 Å². The Hall–Kier alpha value is -1.81. The highest BCUT2D eigenvalue weighted by Crippen LogP contribution is 2.22. The van der Waals surface area contributed by atoms with Crippen molar-refractivity contribution in [2.24, 2.45) is 0 Å². The Morgan fingerprint density at radius 1 is 0.944 bits per heavy atom. The molecule has 0 amide bonds. The van der Waals surface area contributed by atoms with Crippen molar-refractivity contribution in [3.05, 3.63) is 48.5 Å². The molecule has 0 saturated heterocycles. The molecule has 18 heavy (non-hydrogen) atoms. The van der Waals surface area contributed by atoms with Crippen LogP contribution in [0.5, 0.6) is 5.75 Å². The van der Waals surface area contributed by atoms with Crippen molar-refractivity contribution in [1.29, 1.82) is 0 Å². The zero-order valence-corrected chi connectivity index (χ0v) is 10.8. The summed E-state index contributed by atoms with van der Waals surface area (Å²) in [5.41, 5.74) is 12.5. The molecule has 2 aromatic rings. The molecule has 0 aliphatic rings. The van der Waals surface area contributed by atoms with Gasteiger partial charge < -0.3 is 16.2 Å². The van der Waals surface area contributed by atoms with Crippen LogP contribution < -0.4 is 16.2 Å². The Bertz CT molecular complexity index is 502. The number of nitrogen functional groups attached to an aromatic ring is 2. The molecule has 0 fully saturated rings. The fraction of sp³-hybridized carbons (Fsp3) is 0.143. The van der Waals surface area contributed by atoms with Crippen LogP contribution in [0.1, 0.15) is 0 Å². The Labute approximate surface area is 111 Å². The molecule has 0 atom stereocenters. The fourth-order valence-corrected chi connectivity index (χ4v) is 2.23. The van der Waals surface area contributed by atoms with Crippen molar-refractivity contribution >= 4 is 23.1 Å². The van der Waals surface area contributed by atoms with E-state index in [2.05, 4.69) is 12.1 Å². The van der Waals surface area contributed by atoms with Crippen LogP contribution in [0.15, 0.2) is 53.4 Å². The van der Waals surface area contributed by atoms with Gasteiger partial charge in [-0.2, -0.15) is 0 Å². The first-order valence-corrected chi connectivity index (χ1v) is 6.70. The first-order chi connectivity index (χ1) is 8.75. The van der Waals surface area contributed by atoms with Gasteiger partial charge in [-0.15, -0.1) is 11.8 Å². The third kappa shape index (κ3) is 3.60. The summed E-state index contributed by atoms with van der Waals surface area (Å²) in [4.78, 5) is 1.25. The standard InChI is InChI=1S/C14H16N2OS/c15-13-7-6-11(10-14(13)16)17-8-9-18-12-4-2-1-3-5-12/h1-7,10H,8-9,15-16H2. The number of benzene rings is 2. The summed E-state index contributed by atoms with van der Waals surface area (Å²) in [7, 11) is 0. The molecule has 2 aromatic carbocycles. The Kier molecular flexibility index (Phi) is 4.36. The zero-order chi connectivity index (χ0) is 12.8. The first kappa shape index (κ1) is 12.6. The van der Waals surface area contributed by atoms with Gasteiger partial charge in [-0.25, -0.2) is 0 Å². The molecule has 0 radical (unpaired) electrons. The third-order valence-corrected chi connectivity index (χ3v) is 3.40. The molecule has 0 aliphatic carbocycles. The first-order valence-electron chi connectivity index (χ1n) is 5.71. The molecular formula is C14H16N2OS. The molecular weight excluding hydrogens is 244 g/mol. The molecule has 2 rings (SSSR count). The Morgan fingerprint density at radius 3 is 2.44 bits per heavy atom. The van der Waals surface area contributed by atoms with Crippen LogP contribution in [0.4, 0.5) is 11.4 Å². The zero-order valence-electron chi connectivity index (χ0n) is 10.0. The van der Waals surface area contributed by atoms with Crippen LogP contribution in [-0.4, -0.2) is 12.4 Å². The SMILES string of the molecule is Nc1ccc(OCCSc2ccccc2)cc1N. The number of hydrogen-bond donors (Lipinski definition) is 2. The van der Waals surface area contributed by atoms with E-state index in [-0.39, 0.29) is 0 Å². The smallest absolute Gasteiger partial charge is 0.121 e. The lowest BCUT2D eigenvalue weighted by molar-refractivity contribution is 0.344. The van der Waals surface area contributed by atoms with E-state index >= 15 is 0 Å². The lowest BCUT2D eigenvalue weighted by Gasteiger charge is -2.07. The van der Waals surface area contributed by atoms with Crippen molar-refractivity contribution in [2.75, 3.05) is 23.8 Å². The topological polar surface area (TPSA) is 61.3 Å². The average Bonchev–Trinajstić information content (AvgIpc) is 2.40. The van der Waals surface area contributed by atoms with Gasteiger partial charge >= 0.3 is 0 Å². The number of anilines is 2. The summed E-state index contributed by atoms with van der Waals surface area (Å²) in [5.74, 6) is 1.66. The number of thioether (sulfide) groups is 1. The van der Waals surface area contributed by atoms with Crippen molar-refractivity contribution in [3.63, 3.8) is 0 Å². The predicted molar refractivity (Wildman–Crippen MR) is 77.9 cm³/mol. The van der Waals surface area contributed by atoms with Crippen molar-refractivity contribution in [3.8, 4) is 5.75 Å². The number of nitrogens with two attached hydrogens (primary N) is 2. The Morgan fingerprint density at radius 2 is 1.72 bits per heavy atom. The maximum absolute atomic E-state index is 5.71. The minimum atomic E-state index is 0.559. The van der Waals surface area contributed by atoms with Crippen LogP contribution in [0.25, 0.3) is 0 Å². The van der Waals surface area contributed by atoms with Gasteiger partial charge in [0.1, 0.15) is 5.75 Å². The summed E-state index contributed by atoms with van der Waals surface area (Å²) in [6.45, 7) is 0.642. The lowest BCUT2D eigenvalue weighted by atomic mass is 10.2. The largest absolute Gasteiger partial charge is 0.493 e. The molecule has 4 heteroatoms. The molecule has 94 valence electrons. The van der Waals surface area contributed by atoms with Gasteiger partial charge in [-0.05, 0) is 24.3 Å². The molecule has 0 aliphatic heterocycles. The van der Waals surface area contributed by atoms with E-state index in [1.54, 1.807) is 23.9 Å². The van der Waals surface area contributed by atoms with E-state index in [4.69, 9.17) is 16.2 Å². The summed E-state index contributed by atoms with van der Waals surface area (Å²) in [6, 6.07) is 15.6. The average molecular weight is 260 g/mol. The number of hydrogen-bond acceptors (Lipinski definition) is 4. The van der Waals surface area contributed by atoms with Crippen LogP contribution in [0.2, 0.25) is 0 Å². The monoisotopic (exact) mass is 260 g/mol. The molecule has 0 heterocycles. The molecule has 0 unspecified atom stereocenters. The quantitative estimate of drug-likeness (QED) is 0.493. The molecule has 4 N–H and O–H groups in total. The lowest BCUT2D eigenvalue weighted by Crippen LogP contribution is -2.01. The molecule has 3 nitrogen and oxygen atoms in total. The summed E-state index contributed by atoms with van der Waals surface area (Å²) in [6.07, 6.45) is 0. The van der Waals surface area contributed by atoms with Gasteiger partial charge in [0.2, 0.25) is 0 Å². The second-order valence-corrected chi connectivity index (χ2v) is 4.97. The predicted octanol–water partition coefficient (Wildman–Crippen LogP) is 3.02. The van der Waals surface area contributed by atoms with Gasteiger partial charge in [-0.1, -0.05) is 18.2 Å². The summed E-state index contributed by atoms with van der Waals surface area (Å²) < 4.78 is 5.61. The minimum Gasteiger partial charge on any atom is -0.493 e. The van der Waals surface area contributed by atoms with E-state index in [1.807, 2.05) is 24.3 Å². The Balaban J connectivity index is 1.77. The van der Waals surface area contributed by atoms with E-state index in [0.29, 0.717) is 18.0 Å². The van der Waals surface area contributed by atoms with Crippen LogP contribution >= 0.6 is 11.8 Å². The van der Waals surface area contributed by atoms with Gasteiger partial charge in [0.15, 0.2) is 0 Å². The molecule has 0 spiro atoms. The van der Waals surface area contributed by atoms with E-state index < -0.39 is 0 Å². The van der Waals surface area contributed by atoms with Crippen LogP contribution in [0.3, 0.4) is 0 Å². The molecule has 0 bridgehead atoms. The van der Waals surface area contributed by atoms with Gasteiger partial charge in [-0.3, -0.25) is 0 Å². The molecule has 0 saturated carbocycles. The van der Waals surface area contributed by atoms with Gasteiger partial charge in [0.05, 0.1) is 18.0 Å². The summed E-state index contributed by atoms with van der Waals surface area (Å²) >= 11 is 1.77.